The third kappa shape index (κ3) is 41.0. The highest BCUT2D eigenvalue weighted by atomic mass is 16.6. The van der Waals surface area contributed by atoms with E-state index in [0.717, 1.165) is 89.9 Å². The highest BCUT2D eigenvalue weighted by Crippen LogP contribution is 2.26. The van der Waals surface area contributed by atoms with Crippen molar-refractivity contribution < 1.29 is 33.3 Å². The quantitative estimate of drug-likeness (QED) is 0.0260. The molecule has 7 heteroatoms. The van der Waals surface area contributed by atoms with Crippen molar-refractivity contribution >= 4 is 17.9 Å². The summed E-state index contributed by atoms with van der Waals surface area (Å²) in [5.74, 6) is -0.370. The molecule has 0 fully saturated rings. The second-order valence-corrected chi connectivity index (χ2v) is 20.0. The third-order valence-electron chi connectivity index (χ3n) is 13.3. The van der Waals surface area contributed by atoms with Crippen molar-refractivity contribution in [2.45, 2.75) is 316 Å². The molecule has 7 nitrogen and oxygen atoms in total. The molecule has 0 unspecified atom stereocenters. The van der Waals surface area contributed by atoms with Crippen LogP contribution >= 0.6 is 0 Å². The zero-order valence-corrected chi connectivity index (χ0v) is 45.0. The van der Waals surface area contributed by atoms with Gasteiger partial charge in [0.2, 0.25) is 0 Å². The lowest BCUT2D eigenvalue weighted by molar-refractivity contribution is -0.183. The van der Waals surface area contributed by atoms with Gasteiger partial charge in [0.25, 0.3) is 0 Å². The third-order valence-corrected chi connectivity index (χ3v) is 13.3. The molecule has 1 rings (SSSR count). The van der Waals surface area contributed by atoms with Gasteiger partial charge in [-0.1, -0.05) is 211 Å². The number of allylic oxidation sites excluding steroid dienone is 7. The Bertz CT molecular complexity index is 1280. The summed E-state index contributed by atoms with van der Waals surface area (Å²) in [5.41, 5.74) is 0. The number of unbranched alkanes of at least 4 members (excludes halogenated alkanes) is 33. The molecule has 68 heavy (non-hydrogen) atoms. The molecular weight excluding hydrogens is 845 g/mol. The van der Waals surface area contributed by atoms with E-state index in [1.807, 2.05) is 0 Å². The Labute approximate surface area is 420 Å². The lowest BCUT2D eigenvalue weighted by Crippen LogP contribution is -2.48. The molecule has 1 aliphatic heterocycles. The molecule has 0 aromatic carbocycles. The van der Waals surface area contributed by atoms with Crippen molar-refractivity contribution in [3.63, 3.8) is 0 Å². The lowest BCUT2D eigenvalue weighted by Gasteiger charge is -2.35. The normalized spacial score (nSPS) is 16.2. The van der Waals surface area contributed by atoms with Gasteiger partial charge in [-0.2, -0.15) is 0 Å². The van der Waals surface area contributed by atoms with E-state index in [0.29, 0.717) is 18.6 Å². The Balaban J connectivity index is 2.52. The van der Waals surface area contributed by atoms with E-state index in [1.165, 1.54) is 161 Å². The number of carbonyl (C=O) groups excluding carboxylic acids is 3. The van der Waals surface area contributed by atoms with Crippen LogP contribution in [0.4, 0.5) is 0 Å². The van der Waals surface area contributed by atoms with Gasteiger partial charge < -0.3 is 18.9 Å². The molecule has 0 aliphatic carbocycles. The average molecular weight is 954 g/mol. The van der Waals surface area contributed by atoms with Gasteiger partial charge in [-0.05, 0) is 109 Å². The van der Waals surface area contributed by atoms with E-state index < -0.39 is 18.3 Å². The van der Waals surface area contributed by atoms with Crippen LogP contribution in [-0.2, 0) is 33.3 Å². The first-order valence-corrected chi connectivity index (χ1v) is 29.3. The monoisotopic (exact) mass is 953 g/mol. The van der Waals surface area contributed by atoms with Crippen molar-refractivity contribution in [2.75, 3.05) is 6.61 Å². The summed E-state index contributed by atoms with van der Waals surface area (Å²) < 4.78 is 23.9. The number of ether oxygens (including phenoxy) is 4. The summed E-state index contributed by atoms with van der Waals surface area (Å²) in [7, 11) is 0. The maximum atomic E-state index is 13.3. The Morgan fingerprint density at radius 3 is 1.06 bits per heavy atom. The molecule has 3 atom stereocenters. The van der Waals surface area contributed by atoms with Crippen LogP contribution in [0.25, 0.3) is 0 Å². The molecule has 1 heterocycles. The van der Waals surface area contributed by atoms with Crippen LogP contribution in [0.15, 0.2) is 48.3 Å². The topological polar surface area (TPSA) is 88.1 Å². The summed E-state index contributed by atoms with van der Waals surface area (Å²) in [6, 6.07) is 0. The van der Waals surface area contributed by atoms with Crippen LogP contribution < -0.4 is 0 Å². The highest BCUT2D eigenvalue weighted by molar-refractivity contribution is 5.71. The zero-order chi connectivity index (χ0) is 49.2. The standard InChI is InChI=1S/C61H108O7/c1-5-8-11-14-17-20-23-26-29-32-35-38-41-44-47-50-58(62)65-54-57-61(68-60(64)52-49-46-43-40-37-34-31-28-25-22-19-16-13-10-7-3)56(53-55(4)66-57)67-59(63)51-48-45-42-39-36-33-30-27-24-21-18-15-12-9-6-2/h26-31,53,56-57,61H,5-25,32-52,54H2,1-4H3/b29-26-,30-27-,31-28-/t56-,57-,61+/m1/s1. The van der Waals surface area contributed by atoms with E-state index in [9.17, 15) is 14.4 Å². The number of rotatable bonds is 49. The van der Waals surface area contributed by atoms with Gasteiger partial charge in [-0.25, -0.2) is 0 Å². The van der Waals surface area contributed by atoms with Gasteiger partial charge in [0.05, 0.1) is 5.76 Å². The fourth-order valence-electron chi connectivity index (χ4n) is 8.94. The van der Waals surface area contributed by atoms with Crippen LogP contribution in [0.1, 0.15) is 297 Å². The fraction of sp³-hybridized carbons (Fsp3) is 0.820. The molecular formula is C61H108O7. The van der Waals surface area contributed by atoms with Crippen molar-refractivity contribution in [1.82, 2.24) is 0 Å². The van der Waals surface area contributed by atoms with Crippen LogP contribution in [-0.4, -0.2) is 42.8 Å². The Kier molecular flexibility index (Phi) is 45.7. The largest absolute Gasteiger partial charge is 0.488 e. The molecule has 0 aromatic rings. The minimum absolute atomic E-state index is 0.0667. The summed E-state index contributed by atoms with van der Waals surface area (Å²) in [6.45, 7) is 8.52. The zero-order valence-electron chi connectivity index (χ0n) is 45.0. The van der Waals surface area contributed by atoms with E-state index in [1.54, 1.807) is 13.0 Å². The first kappa shape index (κ1) is 63.2. The minimum atomic E-state index is -0.889. The van der Waals surface area contributed by atoms with Gasteiger partial charge in [0, 0.05) is 19.3 Å². The summed E-state index contributed by atoms with van der Waals surface area (Å²) in [5, 5.41) is 0. The van der Waals surface area contributed by atoms with E-state index in [4.69, 9.17) is 18.9 Å². The van der Waals surface area contributed by atoms with Crippen LogP contribution in [0, 0.1) is 0 Å². The fourth-order valence-corrected chi connectivity index (χ4v) is 8.94. The molecule has 394 valence electrons. The molecule has 0 bridgehead atoms. The maximum Gasteiger partial charge on any atom is 0.306 e. The SMILES string of the molecule is CCCCCCCC/C=C\CCCCCCCC(=O)OC[C@H]1OC(C)=C[C@@H](OC(=O)CCCCCCC/C=C\CCCCCCCC)[C@@H]1OC(=O)CCCCCCC/C=C\CCCCCCCC. The predicted octanol–water partition coefficient (Wildman–Crippen LogP) is 18.8. The Hall–Kier alpha value is -2.83. The predicted molar refractivity (Wildman–Crippen MR) is 288 cm³/mol. The number of hydrogen-bond donors (Lipinski definition) is 0. The molecule has 0 spiro atoms. The maximum absolute atomic E-state index is 13.3. The summed E-state index contributed by atoms with van der Waals surface area (Å²) in [6.07, 6.45) is 60.8. The van der Waals surface area contributed by atoms with Crippen molar-refractivity contribution in [3.8, 4) is 0 Å². The van der Waals surface area contributed by atoms with Crippen molar-refractivity contribution in [3.05, 3.63) is 48.3 Å². The van der Waals surface area contributed by atoms with Crippen LogP contribution in [0.5, 0.6) is 0 Å². The van der Waals surface area contributed by atoms with Crippen LogP contribution in [0.3, 0.4) is 0 Å². The van der Waals surface area contributed by atoms with Gasteiger partial charge in [0.1, 0.15) is 6.61 Å². The van der Waals surface area contributed by atoms with Crippen LogP contribution in [0.2, 0.25) is 0 Å². The Morgan fingerprint density at radius 2 is 0.706 bits per heavy atom. The molecule has 0 N–H and O–H groups in total. The number of hydrogen-bond acceptors (Lipinski definition) is 7. The summed E-state index contributed by atoms with van der Waals surface area (Å²) >= 11 is 0. The first-order chi connectivity index (χ1) is 33.4. The first-order valence-electron chi connectivity index (χ1n) is 29.3. The van der Waals surface area contributed by atoms with Gasteiger partial charge in [-0.15, -0.1) is 0 Å². The second kappa shape index (κ2) is 49.2. The highest BCUT2D eigenvalue weighted by Gasteiger charge is 2.40. The average Bonchev–Trinajstić information content (AvgIpc) is 3.32. The van der Waals surface area contributed by atoms with Gasteiger partial charge in [0.15, 0.2) is 18.3 Å². The second-order valence-electron chi connectivity index (χ2n) is 20.0. The van der Waals surface area contributed by atoms with E-state index >= 15 is 0 Å². The molecule has 0 aromatic heterocycles. The molecule has 0 amide bonds. The van der Waals surface area contributed by atoms with Crippen molar-refractivity contribution in [1.29, 1.82) is 0 Å². The van der Waals surface area contributed by atoms with E-state index in [2.05, 4.69) is 57.2 Å². The van der Waals surface area contributed by atoms with Gasteiger partial charge >= 0.3 is 17.9 Å². The summed E-state index contributed by atoms with van der Waals surface area (Å²) in [4.78, 5) is 39.3. The van der Waals surface area contributed by atoms with Gasteiger partial charge in [-0.3, -0.25) is 14.4 Å². The van der Waals surface area contributed by atoms with Crippen molar-refractivity contribution in [2.24, 2.45) is 0 Å². The molecule has 0 radical (unpaired) electrons. The number of esters is 3. The smallest absolute Gasteiger partial charge is 0.306 e. The number of carbonyl (C=O) groups is 3. The molecule has 0 saturated carbocycles. The molecule has 0 saturated heterocycles. The molecule has 1 aliphatic rings. The van der Waals surface area contributed by atoms with E-state index in [-0.39, 0.29) is 30.9 Å². The minimum Gasteiger partial charge on any atom is -0.488 e. The Morgan fingerprint density at radius 1 is 0.412 bits per heavy atom. The lowest BCUT2D eigenvalue weighted by atomic mass is 10.0.